The van der Waals surface area contributed by atoms with E-state index in [0.717, 1.165) is 6.08 Å². The third-order valence-corrected chi connectivity index (χ3v) is 6.23. The second-order valence-electron chi connectivity index (χ2n) is 7.01. The van der Waals surface area contributed by atoms with E-state index in [1.165, 1.54) is 4.90 Å². The van der Waals surface area contributed by atoms with Crippen LogP contribution < -0.4 is 0 Å². The number of hydrogen-bond donors (Lipinski definition) is 1. The van der Waals surface area contributed by atoms with Crippen molar-refractivity contribution in [1.29, 1.82) is 0 Å². The molecule has 1 fully saturated rings. The molecule has 10 heteroatoms. The Bertz CT molecular complexity index is 755. The third kappa shape index (κ3) is 3.20. The topological polar surface area (TPSA) is 83.9 Å². The van der Waals surface area contributed by atoms with E-state index < -0.39 is 51.8 Å². The highest BCUT2D eigenvalue weighted by atomic mass is 32.2. The third-order valence-electron chi connectivity index (χ3n) is 4.64. The van der Waals surface area contributed by atoms with Crippen molar-refractivity contribution >= 4 is 22.5 Å². The van der Waals surface area contributed by atoms with Gasteiger partial charge in [-0.25, -0.2) is 4.21 Å². The Balaban J connectivity index is 1.98. The Labute approximate surface area is 150 Å². The number of likely N-dealkylation sites (tertiary alicyclic amines) is 1. The van der Waals surface area contributed by atoms with Gasteiger partial charge in [0, 0.05) is 19.0 Å². The van der Waals surface area contributed by atoms with Crippen molar-refractivity contribution in [2.45, 2.75) is 57.0 Å². The monoisotopic (exact) mass is 393 g/mol. The second-order valence-corrected chi connectivity index (χ2v) is 8.42. The number of aliphatic hydroxyl groups is 1. The molecule has 1 unspecified atom stereocenters. The van der Waals surface area contributed by atoms with Crippen LogP contribution in [-0.2, 0) is 25.1 Å². The largest absolute Gasteiger partial charge is 0.484 e. The van der Waals surface area contributed by atoms with Crippen molar-refractivity contribution in [1.82, 2.24) is 4.90 Å². The summed E-state index contributed by atoms with van der Waals surface area (Å²) in [5.41, 5.74) is -1.17. The van der Waals surface area contributed by atoms with Gasteiger partial charge in [-0.2, -0.15) is 13.2 Å². The first-order valence-electron chi connectivity index (χ1n) is 8.06. The van der Waals surface area contributed by atoms with Gasteiger partial charge in [0.25, 0.3) is 0 Å². The van der Waals surface area contributed by atoms with Crippen LogP contribution in [0.2, 0.25) is 0 Å². The Hall–Kier alpha value is -1.68. The Morgan fingerprint density at radius 2 is 2.12 bits per heavy atom. The molecule has 6 nitrogen and oxygen atoms in total. The maximum atomic E-state index is 12.8. The zero-order valence-corrected chi connectivity index (χ0v) is 14.9. The number of allylic oxidation sites excluding steroid dienone is 2. The van der Waals surface area contributed by atoms with Crippen LogP contribution in [0.5, 0.6) is 0 Å². The van der Waals surface area contributed by atoms with Crippen LogP contribution in [0.3, 0.4) is 0 Å². The van der Waals surface area contributed by atoms with Crippen molar-refractivity contribution < 1.29 is 36.8 Å². The highest BCUT2D eigenvalue weighted by Crippen LogP contribution is 2.43. The molecule has 3 aliphatic rings. The molecule has 0 aromatic rings. The number of aliphatic hydroxyl groups excluding tert-OH is 1. The van der Waals surface area contributed by atoms with Gasteiger partial charge in [-0.1, -0.05) is 0 Å². The first-order valence-corrected chi connectivity index (χ1v) is 9.21. The van der Waals surface area contributed by atoms with E-state index in [1.807, 2.05) is 0 Å². The van der Waals surface area contributed by atoms with E-state index in [2.05, 4.69) is 0 Å². The molecule has 0 radical (unpaired) electrons. The number of amides is 1. The maximum absolute atomic E-state index is 12.8. The zero-order chi connectivity index (χ0) is 19.4. The molecule has 3 atom stereocenters. The SMILES string of the molecule is CC1(C)OC2=C([C@@H](N3CCCC3=O)[C@@H]1O)S(=O)C(C(=O)CC(F)(F)F)=C2. The molecule has 1 saturated heterocycles. The molecule has 0 spiro atoms. The first-order chi connectivity index (χ1) is 11.9. The molecule has 0 saturated carbocycles. The predicted molar refractivity (Wildman–Crippen MR) is 84.8 cm³/mol. The fraction of sp³-hybridized carbons (Fsp3) is 0.625. The highest BCUT2D eigenvalue weighted by molar-refractivity contribution is 7.94. The van der Waals surface area contributed by atoms with Crippen LogP contribution >= 0.6 is 0 Å². The second kappa shape index (κ2) is 6.19. The molecule has 3 heterocycles. The van der Waals surface area contributed by atoms with Gasteiger partial charge >= 0.3 is 6.18 Å². The van der Waals surface area contributed by atoms with Gasteiger partial charge in [0.15, 0.2) is 5.78 Å². The normalized spacial score (nSPS) is 31.0. The van der Waals surface area contributed by atoms with E-state index in [1.54, 1.807) is 13.8 Å². The summed E-state index contributed by atoms with van der Waals surface area (Å²) in [4.78, 5) is 24.9. The molecular formula is C16H18F3NO5S. The highest BCUT2D eigenvalue weighted by Gasteiger charge is 2.53. The molecule has 0 bridgehead atoms. The number of hydrogen-bond acceptors (Lipinski definition) is 5. The first kappa shape index (κ1) is 19.1. The van der Waals surface area contributed by atoms with Crippen molar-refractivity contribution in [2.75, 3.05) is 6.54 Å². The quantitative estimate of drug-likeness (QED) is 0.786. The summed E-state index contributed by atoms with van der Waals surface area (Å²) in [6, 6.07) is -1.00. The molecule has 3 aliphatic heterocycles. The number of ether oxygens (including phenoxy) is 1. The molecule has 144 valence electrons. The summed E-state index contributed by atoms with van der Waals surface area (Å²) in [5.74, 6) is -1.56. The molecule has 1 amide bonds. The molecule has 0 aliphatic carbocycles. The Morgan fingerprint density at radius 1 is 1.46 bits per heavy atom. The maximum Gasteiger partial charge on any atom is 0.396 e. The van der Waals surface area contributed by atoms with Gasteiger partial charge in [-0.15, -0.1) is 0 Å². The van der Waals surface area contributed by atoms with Crippen LogP contribution in [0.1, 0.15) is 33.1 Å². The lowest BCUT2D eigenvalue weighted by molar-refractivity contribution is -0.149. The predicted octanol–water partition coefficient (Wildman–Crippen LogP) is 1.53. The number of Topliss-reactive ketones (excluding diaryl/α,β-unsaturated/α-hetero) is 1. The van der Waals surface area contributed by atoms with Gasteiger partial charge in [0.05, 0.1) is 26.7 Å². The molecule has 0 aromatic carbocycles. The Morgan fingerprint density at radius 3 is 2.65 bits per heavy atom. The minimum Gasteiger partial charge on any atom is -0.484 e. The molecule has 3 rings (SSSR count). The van der Waals surface area contributed by atoms with Crippen LogP contribution in [0.25, 0.3) is 0 Å². The number of rotatable bonds is 3. The summed E-state index contributed by atoms with van der Waals surface area (Å²) in [6.45, 7) is 3.44. The van der Waals surface area contributed by atoms with Crippen LogP contribution in [0, 0.1) is 0 Å². The summed E-state index contributed by atoms with van der Waals surface area (Å²) in [7, 11) is -2.22. The van der Waals surface area contributed by atoms with Gasteiger partial charge < -0.3 is 14.7 Å². The fourth-order valence-corrected chi connectivity index (χ4v) is 4.87. The molecule has 1 N–H and O–H groups in total. The fourth-order valence-electron chi connectivity index (χ4n) is 3.38. The number of carbonyl (C=O) groups excluding carboxylic acids is 2. The Kier molecular flexibility index (Phi) is 4.55. The molecule has 0 aromatic heterocycles. The van der Waals surface area contributed by atoms with Crippen molar-refractivity contribution in [3.8, 4) is 0 Å². The minimum atomic E-state index is -4.73. The number of nitrogens with zero attached hydrogens (tertiary/aromatic N) is 1. The van der Waals surface area contributed by atoms with Crippen LogP contribution in [0.4, 0.5) is 13.2 Å². The zero-order valence-electron chi connectivity index (χ0n) is 14.1. The van der Waals surface area contributed by atoms with Gasteiger partial charge in [-0.05, 0) is 20.3 Å². The molecule has 26 heavy (non-hydrogen) atoms. The van der Waals surface area contributed by atoms with E-state index in [-0.39, 0.29) is 23.0 Å². The van der Waals surface area contributed by atoms with Gasteiger partial charge in [-0.3, -0.25) is 9.59 Å². The van der Waals surface area contributed by atoms with Crippen molar-refractivity contribution in [2.24, 2.45) is 0 Å². The summed E-state index contributed by atoms with van der Waals surface area (Å²) in [5, 5.41) is 10.7. The summed E-state index contributed by atoms with van der Waals surface area (Å²) >= 11 is 0. The van der Waals surface area contributed by atoms with Gasteiger partial charge in [0.1, 0.15) is 23.9 Å². The van der Waals surface area contributed by atoms with Crippen molar-refractivity contribution in [3.63, 3.8) is 0 Å². The summed E-state index contributed by atoms with van der Waals surface area (Å²) in [6.07, 6.45) is -5.82. The number of alkyl halides is 3. The van der Waals surface area contributed by atoms with E-state index in [4.69, 9.17) is 4.74 Å². The summed E-state index contributed by atoms with van der Waals surface area (Å²) < 4.78 is 56.0. The number of ketones is 1. The number of halogens is 3. The smallest absolute Gasteiger partial charge is 0.396 e. The van der Waals surface area contributed by atoms with Crippen molar-refractivity contribution in [3.05, 3.63) is 21.6 Å². The lowest BCUT2D eigenvalue weighted by Crippen LogP contribution is -2.58. The average molecular weight is 393 g/mol. The lowest BCUT2D eigenvalue weighted by Gasteiger charge is -2.44. The average Bonchev–Trinajstić information content (AvgIpc) is 3.03. The van der Waals surface area contributed by atoms with E-state index in [9.17, 15) is 32.1 Å². The van der Waals surface area contributed by atoms with E-state index >= 15 is 0 Å². The van der Waals surface area contributed by atoms with Crippen LogP contribution in [0.15, 0.2) is 21.6 Å². The lowest BCUT2D eigenvalue weighted by atomic mass is 9.90. The minimum absolute atomic E-state index is 0.00569. The number of carbonyl (C=O) groups is 2. The standard InChI is InChI=1S/C16H18F3NO5S/c1-15(2)14(23)12(20-5-3-4-11(20)22)13-9(25-15)6-10(26(13)24)8(21)7-16(17,18)19/h6,12,14,23H,3-5,7H2,1-2H3/t12-,14+,26?/m1/s1. The van der Waals surface area contributed by atoms with Crippen LogP contribution in [-0.4, -0.2) is 56.4 Å². The van der Waals surface area contributed by atoms with E-state index in [0.29, 0.717) is 13.0 Å². The molecular weight excluding hydrogens is 375 g/mol. The van der Waals surface area contributed by atoms with Gasteiger partial charge in [0.2, 0.25) is 5.91 Å².